The van der Waals surface area contributed by atoms with Crippen LogP contribution in [0.15, 0.2) is 42.5 Å². The van der Waals surface area contributed by atoms with Crippen molar-refractivity contribution >= 4 is 17.6 Å². The van der Waals surface area contributed by atoms with Crippen LogP contribution in [0.4, 0.5) is 0 Å². The minimum Gasteiger partial charge on any atom is -0.507 e. The molecule has 0 amide bonds. The van der Waals surface area contributed by atoms with Crippen LogP contribution in [-0.4, -0.2) is 18.2 Å². The lowest BCUT2D eigenvalue weighted by Crippen LogP contribution is -2.05. The Kier molecular flexibility index (Phi) is 4.48. The van der Waals surface area contributed by atoms with Crippen molar-refractivity contribution in [2.45, 2.75) is 6.61 Å². The van der Waals surface area contributed by atoms with E-state index in [1.165, 1.54) is 19.2 Å². The summed E-state index contributed by atoms with van der Waals surface area (Å²) in [4.78, 5) is 11.9. The van der Waals surface area contributed by atoms with Crippen LogP contribution in [-0.2, 0) is 11.3 Å². The summed E-state index contributed by atoms with van der Waals surface area (Å²) in [6, 6.07) is 11.4. The molecule has 0 unspecified atom stereocenters. The largest absolute Gasteiger partial charge is 0.507 e. The van der Waals surface area contributed by atoms with Crippen molar-refractivity contribution in [1.82, 2.24) is 0 Å². The summed E-state index contributed by atoms with van der Waals surface area (Å²) in [7, 11) is 1.48. The lowest BCUT2D eigenvalue weighted by atomic mass is 10.2. The Morgan fingerprint density at radius 3 is 2.50 bits per heavy atom. The molecule has 0 spiro atoms. The van der Waals surface area contributed by atoms with E-state index in [0.717, 1.165) is 5.56 Å². The maximum atomic E-state index is 11.9. The number of aromatic hydroxyl groups is 1. The summed E-state index contributed by atoms with van der Waals surface area (Å²) < 4.78 is 10.1. The number of benzene rings is 2. The van der Waals surface area contributed by atoms with E-state index in [0.29, 0.717) is 10.8 Å². The van der Waals surface area contributed by atoms with Crippen LogP contribution >= 0.6 is 11.6 Å². The van der Waals surface area contributed by atoms with Gasteiger partial charge in [-0.1, -0.05) is 23.7 Å². The van der Waals surface area contributed by atoms with Gasteiger partial charge in [0.2, 0.25) is 0 Å². The highest BCUT2D eigenvalue weighted by Crippen LogP contribution is 2.24. The number of hydrogen-bond acceptors (Lipinski definition) is 4. The first-order chi connectivity index (χ1) is 9.60. The van der Waals surface area contributed by atoms with Crippen LogP contribution in [0.3, 0.4) is 0 Å². The Labute approximate surface area is 121 Å². The first-order valence-corrected chi connectivity index (χ1v) is 6.26. The van der Waals surface area contributed by atoms with Gasteiger partial charge in [0.05, 0.1) is 7.11 Å². The predicted octanol–water partition coefficient (Wildman–Crippen LogP) is 3.41. The Balaban J connectivity index is 2.03. The smallest absolute Gasteiger partial charge is 0.342 e. The Morgan fingerprint density at radius 1 is 1.20 bits per heavy atom. The van der Waals surface area contributed by atoms with Gasteiger partial charge in [0.1, 0.15) is 23.7 Å². The highest BCUT2D eigenvalue weighted by molar-refractivity contribution is 6.30. The molecule has 0 radical (unpaired) electrons. The van der Waals surface area contributed by atoms with E-state index in [1.807, 2.05) is 0 Å². The van der Waals surface area contributed by atoms with E-state index >= 15 is 0 Å². The summed E-state index contributed by atoms with van der Waals surface area (Å²) in [6.07, 6.45) is 0. The number of phenolic OH excluding ortho intramolecular Hbond substituents is 1. The average molecular weight is 293 g/mol. The van der Waals surface area contributed by atoms with E-state index in [2.05, 4.69) is 0 Å². The van der Waals surface area contributed by atoms with E-state index in [9.17, 15) is 9.90 Å². The maximum Gasteiger partial charge on any atom is 0.342 e. The Bertz CT molecular complexity index is 608. The normalized spacial score (nSPS) is 10.1. The maximum absolute atomic E-state index is 11.9. The van der Waals surface area contributed by atoms with Crippen molar-refractivity contribution in [1.29, 1.82) is 0 Å². The molecule has 5 heteroatoms. The minimum absolute atomic E-state index is 0.0970. The summed E-state index contributed by atoms with van der Waals surface area (Å²) in [5.41, 5.74) is 0.913. The van der Waals surface area contributed by atoms with Crippen molar-refractivity contribution < 1.29 is 19.4 Å². The second-order valence-electron chi connectivity index (χ2n) is 4.09. The van der Waals surface area contributed by atoms with E-state index in [4.69, 9.17) is 21.1 Å². The zero-order valence-corrected chi connectivity index (χ0v) is 11.6. The third-order valence-corrected chi connectivity index (χ3v) is 2.96. The van der Waals surface area contributed by atoms with Gasteiger partial charge < -0.3 is 14.6 Å². The highest BCUT2D eigenvalue weighted by Gasteiger charge is 2.13. The van der Waals surface area contributed by atoms with Crippen molar-refractivity contribution in [3.63, 3.8) is 0 Å². The SMILES string of the molecule is COc1ccc(C(=O)OCc2ccc(Cl)cc2)c(O)c1. The molecule has 0 saturated carbocycles. The molecular weight excluding hydrogens is 280 g/mol. The van der Waals surface area contributed by atoms with Crippen LogP contribution in [0.25, 0.3) is 0 Å². The molecule has 104 valence electrons. The van der Waals surface area contributed by atoms with Crippen LogP contribution < -0.4 is 4.74 Å². The Morgan fingerprint density at radius 2 is 1.90 bits per heavy atom. The van der Waals surface area contributed by atoms with Crippen LogP contribution in [0.5, 0.6) is 11.5 Å². The molecule has 0 bridgehead atoms. The van der Waals surface area contributed by atoms with Crippen molar-refractivity contribution in [3.05, 3.63) is 58.6 Å². The lowest BCUT2D eigenvalue weighted by molar-refractivity contribution is 0.0469. The third-order valence-electron chi connectivity index (χ3n) is 2.71. The molecule has 4 nitrogen and oxygen atoms in total. The second kappa shape index (κ2) is 6.30. The molecule has 20 heavy (non-hydrogen) atoms. The van der Waals surface area contributed by atoms with Gasteiger partial charge in [-0.05, 0) is 29.8 Å². The van der Waals surface area contributed by atoms with Gasteiger partial charge in [-0.25, -0.2) is 4.79 Å². The average Bonchev–Trinajstić information content (AvgIpc) is 2.46. The molecule has 0 aliphatic rings. The van der Waals surface area contributed by atoms with Gasteiger partial charge in [-0.3, -0.25) is 0 Å². The standard InChI is InChI=1S/C15H13ClO4/c1-19-12-6-7-13(14(17)8-12)15(18)20-9-10-2-4-11(16)5-3-10/h2-8,17H,9H2,1H3. The minimum atomic E-state index is -0.597. The first-order valence-electron chi connectivity index (χ1n) is 5.88. The number of methoxy groups -OCH3 is 1. The van der Waals surface area contributed by atoms with Crippen LogP contribution in [0.2, 0.25) is 5.02 Å². The van der Waals surface area contributed by atoms with Gasteiger partial charge in [0.25, 0.3) is 0 Å². The van der Waals surface area contributed by atoms with Crippen molar-refractivity contribution in [2.24, 2.45) is 0 Å². The number of rotatable bonds is 4. The van der Waals surface area contributed by atoms with Crippen LogP contribution in [0, 0.1) is 0 Å². The number of carbonyl (C=O) groups excluding carboxylic acids is 1. The van der Waals surface area contributed by atoms with Gasteiger partial charge in [-0.2, -0.15) is 0 Å². The summed E-state index contributed by atoms with van der Waals surface area (Å²) in [5.74, 6) is -0.303. The molecule has 2 rings (SSSR count). The molecule has 2 aromatic rings. The Hall–Kier alpha value is -2.20. The van der Waals surface area contributed by atoms with Crippen molar-refractivity contribution in [2.75, 3.05) is 7.11 Å². The molecular formula is C15H13ClO4. The molecule has 0 aromatic heterocycles. The number of halogens is 1. The molecule has 0 fully saturated rings. The zero-order valence-electron chi connectivity index (χ0n) is 10.8. The van der Waals surface area contributed by atoms with Crippen LogP contribution in [0.1, 0.15) is 15.9 Å². The lowest BCUT2D eigenvalue weighted by Gasteiger charge is -2.08. The first kappa shape index (κ1) is 14.2. The van der Waals surface area contributed by atoms with E-state index < -0.39 is 5.97 Å². The van der Waals surface area contributed by atoms with E-state index in [-0.39, 0.29) is 17.9 Å². The third kappa shape index (κ3) is 3.42. The number of ether oxygens (including phenoxy) is 2. The number of phenols is 1. The van der Waals surface area contributed by atoms with Gasteiger partial charge in [-0.15, -0.1) is 0 Å². The predicted molar refractivity (Wildman–Crippen MR) is 75.2 cm³/mol. The molecule has 0 heterocycles. The van der Waals surface area contributed by atoms with E-state index in [1.54, 1.807) is 30.3 Å². The topological polar surface area (TPSA) is 55.8 Å². The summed E-state index contributed by atoms with van der Waals surface area (Å²) in [5, 5.41) is 10.3. The van der Waals surface area contributed by atoms with Gasteiger partial charge >= 0.3 is 5.97 Å². The number of hydrogen-bond donors (Lipinski definition) is 1. The fourth-order valence-corrected chi connectivity index (χ4v) is 1.74. The molecule has 2 aromatic carbocycles. The van der Waals surface area contributed by atoms with Crippen molar-refractivity contribution in [3.8, 4) is 11.5 Å². The summed E-state index contributed by atoms with van der Waals surface area (Å²) in [6.45, 7) is 0.113. The summed E-state index contributed by atoms with van der Waals surface area (Å²) >= 11 is 5.77. The molecule has 0 saturated heterocycles. The highest BCUT2D eigenvalue weighted by atomic mass is 35.5. The molecule has 0 aliphatic heterocycles. The van der Waals surface area contributed by atoms with Gasteiger partial charge in [0.15, 0.2) is 0 Å². The monoisotopic (exact) mass is 292 g/mol. The molecule has 0 aliphatic carbocycles. The molecule has 1 N–H and O–H groups in total. The fourth-order valence-electron chi connectivity index (χ4n) is 1.62. The quantitative estimate of drug-likeness (QED) is 0.877. The number of carbonyl (C=O) groups is 1. The fraction of sp³-hybridized carbons (Fsp3) is 0.133. The molecule has 0 atom stereocenters. The number of esters is 1. The van der Waals surface area contributed by atoms with Gasteiger partial charge in [0, 0.05) is 11.1 Å². The second-order valence-corrected chi connectivity index (χ2v) is 4.52. The zero-order chi connectivity index (χ0) is 14.5.